The van der Waals surface area contributed by atoms with Gasteiger partial charge in [-0.1, -0.05) is 0 Å². The summed E-state index contributed by atoms with van der Waals surface area (Å²) in [7, 11) is 0. The molecule has 0 atom stereocenters. The average Bonchev–Trinajstić information content (AvgIpc) is 1.97. The molecule has 0 amide bonds. The van der Waals surface area contributed by atoms with Crippen LogP contribution in [0.4, 0.5) is 0 Å². The van der Waals surface area contributed by atoms with Crippen LogP contribution < -0.4 is 0 Å². The van der Waals surface area contributed by atoms with E-state index >= 15 is 0 Å². The van der Waals surface area contributed by atoms with Crippen molar-refractivity contribution >= 4 is 17.7 Å². The van der Waals surface area contributed by atoms with Gasteiger partial charge in [0.25, 0.3) is 0 Å². The van der Waals surface area contributed by atoms with Crippen LogP contribution in [0.2, 0.25) is 0 Å². The molecule has 0 saturated carbocycles. The predicted octanol–water partition coefficient (Wildman–Crippen LogP) is -0.793. The van der Waals surface area contributed by atoms with E-state index in [4.69, 9.17) is 5.11 Å². The Balaban J connectivity index is 3.73. The highest BCUT2D eigenvalue weighted by atomic mass is 16.6. The van der Waals surface area contributed by atoms with E-state index in [-0.39, 0.29) is 6.61 Å². The molecule has 64 valence electrons. The number of carboxylic acid groups (broad SMARTS) is 1. The van der Waals surface area contributed by atoms with Gasteiger partial charge in [0.1, 0.15) is 0 Å². The van der Waals surface area contributed by atoms with Crippen molar-refractivity contribution in [2.75, 3.05) is 6.61 Å². The lowest BCUT2D eigenvalue weighted by Gasteiger charge is -1.93. The molecular formula is C7H6O5. The Bertz CT molecular complexity index is 267. The molecule has 0 bridgehead atoms. The molecule has 0 spiro atoms. The van der Waals surface area contributed by atoms with E-state index in [1.54, 1.807) is 5.92 Å². The number of hydrogen-bond acceptors (Lipinski definition) is 4. The van der Waals surface area contributed by atoms with Crippen LogP contribution in [-0.2, 0) is 19.1 Å². The molecule has 0 aromatic rings. The van der Waals surface area contributed by atoms with Crippen molar-refractivity contribution in [3.8, 4) is 11.8 Å². The monoisotopic (exact) mass is 171 g/mol. The molecule has 5 heteroatoms. The first-order valence-electron chi connectivity index (χ1n) is 2.93. The van der Waals surface area contributed by atoms with Gasteiger partial charge in [0.2, 0.25) is 5.78 Å². The average molecular weight is 171 g/mol. The number of carbonyl (C=O) groups is 3. The van der Waals surface area contributed by atoms with E-state index in [0.29, 0.717) is 0 Å². The second kappa shape index (κ2) is 4.91. The van der Waals surface area contributed by atoms with E-state index < -0.39 is 17.7 Å². The van der Waals surface area contributed by atoms with Gasteiger partial charge >= 0.3 is 11.9 Å². The number of Topliss-reactive ketones (excluding diaryl/α,β-unsaturated/α-hetero) is 1. The lowest BCUT2D eigenvalue weighted by atomic mass is 10.6. The van der Waals surface area contributed by atoms with Crippen molar-refractivity contribution in [3.05, 3.63) is 0 Å². The van der Waals surface area contributed by atoms with Crippen molar-refractivity contribution in [2.24, 2.45) is 0 Å². The van der Waals surface area contributed by atoms with E-state index in [9.17, 15) is 14.4 Å². The fraction of sp³-hybridized carbons (Fsp3) is 0.286. The maximum absolute atomic E-state index is 10.4. The molecule has 0 aromatic carbocycles. The summed E-state index contributed by atoms with van der Waals surface area (Å²) in [6.45, 7) is 0.664. The minimum absolute atomic E-state index is 0.384. The number of hydrogen-bond donors (Lipinski definition) is 1. The molecule has 0 unspecified atom stereocenters. The quantitative estimate of drug-likeness (QED) is 0.255. The molecule has 12 heavy (non-hydrogen) atoms. The maximum Gasteiger partial charge on any atom is 0.382 e. The standard InChI is InChI=1S/C7H6O5/c1-5(8)7(11)12-4-2-3-6(9)10/h4H2,1H3,(H,9,10)/i7+1. The number of carbonyl (C=O) groups excluding carboxylic acids is 2. The molecule has 1 N–H and O–H groups in total. The molecule has 0 aromatic heterocycles. The molecule has 0 rings (SSSR count). The van der Waals surface area contributed by atoms with Crippen LogP contribution in [0.15, 0.2) is 0 Å². The molecule has 0 aliphatic carbocycles. The third-order valence-corrected chi connectivity index (χ3v) is 0.758. The van der Waals surface area contributed by atoms with Gasteiger partial charge in [0, 0.05) is 12.8 Å². The summed E-state index contributed by atoms with van der Waals surface area (Å²) in [4.78, 5) is 30.4. The summed E-state index contributed by atoms with van der Waals surface area (Å²) >= 11 is 0. The highest BCUT2D eigenvalue weighted by Crippen LogP contribution is 1.78. The number of ketones is 1. The van der Waals surface area contributed by atoms with E-state index in [0.717, 1.165) is 6.92 Å². The van der Waals surface area contributed by atoms with Gasteiger partial charge in [-0.05, 0) is 5.92 Å². The molecule has 0 fully saturated rings. The van der Waals surface area contributed by atoms with E-state index in [1.807, 2.05) is 5.92 Å². The molecule has 0 aliphatic rings. The fourth-order valence-electron chi connectivity index (χ4n) is 0.315. The largest absolute Gasteiger partial charge is 0.472 e. The SMILES string of the molecule is CC(=O)[13C](=O)OCC#CC(=O)O. The zero-order valence-electron chi connectivity index (χ0n) is 6.29. The summed E-state index contributed by atoms with van der Waals surface area (Å²) in [5.74, 6) is 0.670. The molecule has 0 radical (unpaired) electrons. The van der Waals surface area contributed by atoms with Gasteiger partial charge in [-0.25, -0.2) is 9.59 Å². The van der Waals surface area contributed by atoms with Crippen molar-refractivity contribution < 1.29 is 24.2 Å². The highest BCUT2D eigenvalue weighted by Gasteiger charge is 2.06. The first-order valence-corrected chi connectivity index (χ1v) is 2.93. The Hall–Kier alpha value is -1.83. The Labute approximate surface area is 68.3 Å². The lowest BCUT2D eigenvalue weighted by Crippen LogP contribution is -2.13. The first kappa shape index (κ1) is 10.2. The first-order chi connectivity index (χ1) is 5.54. The topological polar surface area (TPSA) is 80.7 Å². The normalized spacial score (nSPS) is 7.75. The van der Waals surface area contributed by atoms with Crippen LogP contribution in [0.25, 0.3) is 0 Å². The van der Waals surface area contributed by atoms with Crippen LogP contribution in [0, 0.1) is 11.8 Å². The van der Waals surface area contributed by atoms with Crippen LogP contribution >= 0.6 is 0 Å². The maximum atomic E-state index is 10.4. The second-order valence-electron chi connectivity index (χ2n) is 1.74. The summed E-state index contributed by atoms with van der Waals surface area (Å²) in [6, 6.07) is 0. The summed E-state index contributed by atoms with van der Waals surface area (Å²) in [5.41, 5.74) is 0. The minimum atomic E-state index is -1.31. The van der Waals surface area contributed by atoms with Crippen molar-refractivity contribution in [2.45, 2.75) is 6.92 Å². The second-order valence-corrected chi connectivity index (χ2v) is 1.74. The summed E-state index contributed by atoms with van der Waals surface area (Å²) in [5, 5.41) is 8.01. The number of rotatable bonds is 2. The van der Waals surface area contributed by atoms with Gasteiger partial charge in [-0.2, -0.15) is 0 Å². The predicted molar refractivity (Wildman–Crippen MR) is 37.1 cm³/mol. The van der Waals surface area contributed by atoms with Gasteiger partial charge in [-0.15, -0.1) is 0 Å². The van der Waals surface area contributed by atoms with Crippen molar-refractivity contribution in [1.29, 1.82) is 0 Å². The number of ether oxygens (including phenoxy) is 1. The number of aliphatic carboxylic acids is 1. The zero-order valence-corrected chi connectivity index (χ0v) is 6.29. The molecule has 0 aliphatic heterocycles. The third kappa shape index (κ3) is 4.99. The molecule has 0 saturated heterocycles. The van der Waals surface area contributed by atoms with Gasteiger partial charge < -0.3 is 9.84 Å². The fourth-order valence-corrected chi connectivity index (χ4v) is 0.315. The van der Waals surface area contributed by atoms with Gasteiger partial charge in [0.15, 0.2) is 6.61 Å². The number of esters is 1. The van der Waals surface area contributed by atoms with Gasteiger partial charge in [-0.3, -0.25) is 4.79 Å². The molecular weight excluding hydrogens is 165 g/mol. The minimum Gasteiger partial charge on any atom is -0.472 e. The summed E-state index contributed by atoms with van der Waals surface area (Å²) in [6.07, 6.45) is 0. The smallest absolute Gasteiger partial charge is 0.382 e. The Morgan fingerprint density at radius 3 is 2.42 bits per heavy atom. The van der Waals surface area contributed by atoms with Gasteiger partial charge in [0.05, 0.1) is 0 Å². The lowest BCUT2D eigenvalue weighted by molar-refractivity contribution is -0.151. The van der Waals surface area contributed by atoms with Crippen molar-refractivity contribution in [1.82, 2.24) is 0 Å². The van der Waals surface area contributed by atoms with Crippen LogP contribution in [-0.4, -0.2) is 29.4 Å². The van der Waals surface area contributed by atoms with Crippen molar-refractivity contribution in [3.63, 3.8) is 0 Å². The molecule has 0 heterocycles. The summed E-state index contributed by atoms with van der Waals surface area (Å²) < 4.78 is 4.23. The molecule has 5 nitrogen and oxygen atoms in total. The Kier molecular flexibility index (Phi) is 4.16. The Morgan fingerprint density at radius 2 is 2.00 bits per heavy atom. The van der Waals surface area contributed by atoms with E-state index in [1.165, 1.54) is 0 Å². The van der Waals surface area contributed by atoms with E-state index in [2.05, 4.69) is 4.74 Å². The number of carboxylic acids is 1. The Morgan fingerprint density at radius 1 is 1.42 bits per heavy atom. The van der Waals surface area contributed by atoms with Crippen LogP contribution in [0.5, 0.6) is 0 Å². The van der Waals surface area contributed by atoms with Crippen LogP contribution in [0.1, 0.15) is 6.92 Å². The third-order valence-electron chi connectivity index (χ3n) is 0.758. The highest BCUT2D eigenvalue weighted by molar-refractivity contribution is 6.32. The zero-order chi connectivity index (χ0) is 9.56. The van der Waals surface area contributed by atoms with Crippen LogP contribution in [0.3, 0.4) is 0 Å².